The molecular weight excluding hydrogens is 228 g/mol. The molecule has 5 heteroatoms. The molecule has 0 amide bonds. The van der Waals surface area contributed by atoms with E-state index < -0.39 is 5.60 Å². The fourth-order valence-corrected chi connectivity index (χ4v) is 2.12. The fourth-order valence-electron chi connectivity index (χ4n) is 2.12. The zero-order valence-corrected chi connectivity index (χ0v) is 12.0. The summed E-state index contributed by atoms with van der Waals surface area (Å²) in [6, 6.07) is 2.02. The highest BCUT2D eigenvalue weighted by atomic mass is 16.3. The van der Waals surface area contributed by atoms with Gasteiger partial charge in [0.25, 0.3) is 0 Å². The van der Waals surface area contributed by atoms with E-state index in [1.165, 1.54) is 0 Å². The van der Waals surface area contributed by atoms with Gasteiger partial charge in [0.1, 0.15) is 0 Å². The first-order valence-electron chi connectivity index (χ1n) is 6.53. The molecule has 0 aliphatic carbocycles. The van der Waals surface area contributed by atoms with Gasteiger partial charge in [0, 0.05) is 32.4 Å². The first-order chi connectivity index (χ1) is 8.44. The number of aromatic nitrogens is 2. The third kappa shape index (κ3) is 5.16. The predicted molar refractivity (Wildman–Crippen MR) is 73.4 cm³/mol. The average molecular weight is 254 g/mol. The van der Waals surface area contributed by atoms with Gasteiger partial charge < -0.3 is 15.3 Å². The normalized spacial score (nSPS) is 15.0. The lowest BCUT2D eigenvalue weighted by atomic mass is 10.1. The Hall–Kier alpha value is -0.910. The summed E-state index contributed by atoms with van der Waals surface area (Å²) in [5, 5.41) is 17.7. The third-order valence-electron chi connectivity index (χ3n) is 2.71. The van der Waals surface area contributed by atoms with Crippen LogP contribution in [0.15, 0.2) is 12.3 Å². The van der Waals surface area contributed by atoms with Crippen molar-refractivity contribution in [3.05, 3.63) is 18.0 Å². The minimum atomic E-state index is -0.709. The predicted octanol–water partition coefficient (Wildman–Crippen LogP) is 0.695. The van der Waals surface area contributed by atoms with Gasteiger partial charge in [-0.05, 0) is 33.5 Å². The highest BCUT2D eigenvalue weighted by Gasteiger charge is 2.20. The topological polar surface area (TPSA) is 53.3 Å². The van der Waals surface area contributed by atoms with Crippen LogP contribution in [0.4, 0.5) is 0 Å². The summed E-state index contributed by atoms with van der Waals surface area (Å²) in [5.74, 6) is 0. The van der Waals surface area contributed by atoms with Crippen LogP contribution < -0.4 is 5.32 Å². The maximum absolute atomic E-state index is 10.2. The second-order valence-electron chi connectivity index (χ2n) is 5.38. The van der Waals surface area contributed by atoms with Gasteiger partial charge in [-0.3, -0.25) is 4.68 Å². The Balaban J connectivity index is 2.39. The number of hydrogen-bond donors (Lipinski definition) is 2. The summed E-state index contributed by atoms with van der Waals surface area (Å²) in [5.41, 5.74) is 0.455. The molecule has 0 saturated carbocycles. The maximum atomic E-state index is 10.2. The van der Waals surface area contributed by atoms with Crippen molar-refractivity contribution in [1.82, 2.24) is 20.0 Å². The van der Waals surface area contributed by atoms with Gasteiger partial charge in [0.2, 0.25) is 0 Å². The minimum Gasteiger partial charge on any atom is -0.388 e. The Morgan fingerprint density at radius 1 is 1.50 bits per heavy atom. The lowest BCUT2D eigenvalue weighted by Gasteiger charge is -2.27. The van der Waals surface area contributed by atoms with E-state index >= 15 is 0 Å². The van der Waals surface area contributed by atoms with Crippen LogP contribution in [-0.4, -0.2) is 52.6 Å². The molecule has 0 bridgehead atoms. The van der Waals surface area contributed by atoms with Crippen LogP contribution in [0.5, 0.6) is 0 Å². The molecule has 1 heterocycles. The van der Waals surface area contributed by atoms with Crippen molar-refractivity contribution in [1.29, 1.82) is 0 Å². The van der Waals surface area contributed by atoms with E-state index in [1.54, 1.807) is 0 Å². The van der Waals surface area contributed by atoms with Crippen LogP contribution in [0.1, 0.15) is 26.0 Å². The molecule has 1 rings (SSSR count). The van der Waals surface area contributed by atoms with Crippen LogP contribution >= 0.6 is 0 Å². The summed E-state index contributed by atoms with van der Waals surface area (Å²) in [7, 11) is 3.93. The largest absolute Gasteiger partial charge is 0.388 e. The van der Waals surface area contributed by atoms with Crippen molar-refractivity contribution in [3.8, 4) is 0 Å². The summed E-state index contributed by atoms with van der Waals surface area (Å²) < 4.78 is 2.01. The van der Waals surface area contributed by atoms with Crippen molar-refractivity contribution < 1.29 is 5.11 Å². The van der Waals surface area contributed by atoms with E-state index in [4.69, 9.17) is 0 Å². The van der Waals surface area contributed by atoms with E-state index in [2.05, 4.69) is 17.3 Å². The lowest BCUT2D eigenvalue weighted by Crippen LogP contribution is -2.45. The number of nitrogens with one attached hydrogen (secondary N) is 1. The molecular formula is C13H26N4O. The Bertz CT molecular complexity index is 347. The smallest absolute Gasteiger partial charge is 0.0869 e. The Morgan fingerprint density at radius 3 is 2.83 bits per heavy atom. The third-order valence-corrected chi connectivity index (χ3v) is 2.71. The first-order valence-corrected chi connectivity index (χ1v) is 6.53. The van der Waals surface area contributed by atoms with Crippen molar-refractivity contribution in [2.24, 2.45) is 0 Å². The molecule has 0 spiro atoms. The van der Waals surface area contributed by atoms with Gasteiger partial charge in [-0.15, -0.1) is 0 Å². The van der Waals surface area contributed by atoms with Gasteiger partial charge in [-0.2, -0.15) is 5.10 Å². The number of aryl methyl sites for hydroxylation is 1. The molecule has 0 aliphatic rings. The summed E-state index contributed by atoms with van der Waals surface area (Å²) >= 11 is 0. The standard InChI is InChI=1S/C13H26N4O/c1-5-8-17-12(6-7-15-17)9-14-10-13(2,18)11-16(3)4/h6-7,14,18H,5,8-11H2,1-4H3. The molecule has 0 fully saturated rings. The minimum absolute atomic E-state index is 0.572. The van der Waals surface area contributed by atoms with E-state index in [1.807, 2.05) is 42.9 Å². The van der Waals surface area contributed by atoms with Gasteiger partial charge >= 0.3 is 0 Å². The van der Waals surface area contributed by atoms with Crippen molar-refractivity contribution >= 4 is 0 Å². The van der Waals surface area contributed by atoms with Gasteiger partial charge in [0.05, 0.1) is 11.3 Å². The molecule has 18 heavy (non-hydrogen) atoms. The molecule has 1 aromatic heterocycles. The number of aliphatic hydroxyl groups is 1. The van der Waals surface area contributed by atoms with Crippen LogP contribution in [0.3, 0.4) is 0 Å². The zero-order chi connectivity index (χ0) is 13.6. The second-order valence-corrected chi connectivity index (χ2v) is 5.38. The summed E-state index contributed by atoms with van der Waals surface area (Å²) in [6.07, 6.45) is 2.90. The van der Waals surface area contributed by atoms with Crippen molar-refractivity contribution in [3.63, 3.8) is 0 Å². The van der Waals surface area contributed by atoms with E-state index in [9.17, 15) is 5.11 Å². The molecule has 1 atom stereocenters. The monoisotopic (exact) mass is 254 g/mol. The molecule has 1 unspecified atom stereocenters. The number of nitrogens with zero attached hydrogens (tertiary/aromatic N) is 3. The SMILES string of the molecule is CCCn1nccc1CNCC(C)(O)CN(C)C. The molecule has 5 nitrogen and oxygen atoms in total. The molecule has 0 aliphatic heterocycles. The van der Waals surface area contributed by atoms with E-state index in [0.29, 0.717) is 13.1 Å². The summed E-state index contributed by atoms with van der Waals surface area (Å²) in [6.45, 7) is 6.89. The van der Waals surface area contributed by atoms with Crippen LogP contribution in [-0.2, 0) is 13.1 Å². The van der Waals surface area contributed by atoms with Crippen LogP contribution in [0.2, 0.25) is 0 Å². The number of likely N-dealkylation sites (N-methyl/N-ethyl adjacent to an activating group) is 1. The van der Waals surface area contributed by atoms with E-state index in [0.717, 1.165) is 25.2 Å². The summed E-state index contributed by atoms with van der Waals surface area (Å²) in [4.78, 5) is 1.99. The van der Waals surface area contributed by atoms with Gasteiger partial charge in [-0.1, -0.05) is 6.92 Å². The Morgan fingerprint density at radius 2 is 2.22 bits per heavy atom. The van der Waals surface area contributed by atoms with Gasteiger partial charge in [-0.25, -0.2) is 0 Å². The number of hydrogen-bond acceptors (Lipinski definition) is 4. The van der Waals surface area contributed by atoms with Crippen molar-refractivity contribution in [2.75, 3.05) is 27.2 Å². The highest BCUT2D eigenvalue weighted by Crippen LogP contribution is 2.04. The zero-order valence-electron chi connectivity index (χ0n) is 12.0. The quantitative estimate of drug-likeness (QED) is 0.717. The molecule has 0 saturated heterocycles. The highest BCUT2D eigenvalue weighted by molar-refractivity contribution is 5.00. The van der Waals surface area contributed by atoms with Crippen LogP contribution in [0, 0.1) is 0 Å². The lowest BCUT2D eigenvalue weighted by molar-refractivity contribution is 0.0334. The Kier molecular flexibility index (Phi) is 5.78. The van der Waals surface area contributed by atoms with E-state index in [-0.39, 0.29) is 0 Å². The molecule has 104 valence electrons. The fraction of sp³-hybridized carbons (Fsp3) is 0.769. The van der Waals surface area contributed by atoms with Gasteiger partial charge in [0.15, 0.2) is 0 Å². The molecule has 2 N–H and O–H groups in total. The Labute approximate surface area is 110 Å². The first kappa shape index (κ1) is 15.1. The molecule has 0 aromatic carbocycles. The molecule has 0 radical (unpaired) electrons. The number of rotatable bonds is 8. The molecule has 1 aromatic rings. The van der Waals surface area contributed by atoms with Crippen LogP contribution in [0.25, 0.3) is 0 Å². The van der Waals surface area contributed by atoms with Crippen molar-refractivity contribution in [2.45, 2.75) is 39.0 Å². The average Bonchev–Trinajstić information content (AvgIpc) is 2.64. The maximum Gasteiger partial charge on any atom is 0.0869 e. The second kappa shape index (κ2) is 6.87.